The summed E-state index contributed by atoms with van der Waals surface area (Å²) in [6.45, 7) is 6.75. The van der Waals surface area contributed by atoms with Gasteiger partial charge in [-0.25, -0.2) is 0 Å². The van der Waals surface area contributed by atoms with Crippen LogP contribution in [0.2, 0.25) is 0 Å². The van der Waals surface area contributed by atoms with Crippen LogP contribution >= 0.6 is 0 Å². The molecule has 1 fully saturated rings. The van der Waals surface area contributed by atoms with Gasteiger partial charge in [0.25, 0.3) is 11.7 Å². The number of nitrogens with zero attached hydrogens (tertiary/aromatic N) is 2. The number of aliphatic hydroxyl groups excluding tert-OH is 1. The number of ether oxygens (including phenoxy) is 2. The van der Waals surface area contributed by atoms with E-state index in [9.17, 15) is 14.7 Å². The fraction of sp³-hybridized carbons (Fsp3) is 0.276. The Morgan fingerprint density at radius 2 is 1.92 bits per heavy atom. The number of pyridine rings is 1. The molecule has 1 atom stereocenters. The lowest BCUT2D eigenvalue weighted by molar-refractivity contribution is -0.140. The zero-order valence-corrected chi connectivity index (χ0v) is 20.9. The Kier molecular flexibility index (Phi) is 7.38. The first kappa shape index (κ1) is 25.0. The van der Waals surface area contributed by atoms with Gasteiger partial charge in [-0.05, 0) is 65.9 Å². The van der Waals surface area contributed by atoms with E-state index in [4.69, 9.17) is 9.47 Å². The summed E-state index contributed by atoms with van der Waals surface area (Å²) in [5.41, 5.74) is 2.73. The van der Waals surface area contributed by atoms with Gasteiger partial charge in [-0.1, -0.05) is 32.0 Å². The molecular formula is C29H30N2O5. The van der Waals surface area contributed by atoms with Crippen molar-refractivity contribution in [3.63, 3.8) is 0 Å². The van der Waals surface area contributed by atoms with Crippen LogP contribution in [0.4, 0.5) is 0 Å². The number of aromatic nitrogens is 1. The van der Waals surface area contributed by atoms with E-state index in [0.717, 1.165) is 11.1 Å². The number of hydrogen-bond donors (Lipinski definition) is 1. The molecule has 2 aromatic carbocycles. The number of carbonyl (C=O) groups is 2. The van der Waals surface area contributed by atoms with Crippen LogP contribution in [-0.2, 0) is 16.1 Å². The molecule has 36 heavy (non-hydrogen) atoms. The zero-order valence-electron chi connectivity index (χ0n) is 20.9. The van der Waals surface area contributed by atoms with E-state index in [1.807, 2.05) is 19.1 Å². The smallest absolute Gasteiger partial charge is 0.295 e. The minimum Gasteiger partial charge on any atom is -0.507 e. The molecule has 1 unspecified atom stereocenters. The number of ketones is 1. The summed E-state index contributed by atoms with van der Waals surface area (Å²) >= 11 is 0. The number of rotatable bonds is 8. The molecule has 7 nitrogen and oxygen atoms in total. The second-order valence-corrected chi connectivity index (χ2v) is 9.25. The Morgan fingerprint density at radius 1 is 1.11 bits per heavy atom. The highest BCUT2D eigenvalue weighted by molar-refractivity contribution is 6.46. The van der Waals surface area contributed by atoms with Gasteiger partial charge in [0.2, 0.25) is 0 Å². The maximum Gasteiger partial charge on any atom is 0.295 e. The van der Waals surface area contributed by atoms with Crippen molar-refractivity contribution in [3.05, 3.63) is 94.8 Å². The molecule has 1 aromatic heterocycles. The number of carbonyl (C=O) groups excluding carboxylic acids is 2. The van der Waals surface area contributed by atoms with Crippen LogP contribution in [0.25, 0.3) is 5.76 Å². The van der Waals surface area contributed by atoms with Crippen LogP contribution in [0.1, 0.15) is 42.1 Å². The summed E-state index contributed by atoms with van der Waals surface area (Å²) in [7, 11) is 1.55. The lowest BCUT2D eigenvalue weighted by Crippen LogP contribution is -2.29. The van der Waals surface area contributed by atoms with Gasteiger partial charge in [0, 0.05) is 24.5 Å². The van der Waals surface area contributed by atoms with E-state index in [1.165, 1.54) is 4.90 Å². The molecule has 1 aliphatic heterocycles. The van der Waals surface area contributed by atoms with Gasteiger partial charge in [-0.15, -0.1) is 0 Å². The maximum atomic E-state index is 13.3. The summed E-state index contributed by atoms with van der Waals surface area (Å²) in [6, 6.07) is 15.2. The highest BCUT2D eigenvalue weighted by Crippen LogP contribution is 2.41. The Hall–Kier alpha value is -4.13. The van der Waals surface area contributed by atoms with Gasteiger partial charge in [0.15, 0.2) is 0 Å². The van der Waals surface area contributed by atoms with Crippen molar-refractivity contribution >= 4 is 17.4 Å². The van der Waals surface area contributed by atoms with Crippen LogP contribution in [-0.4, -0.2) is 40.4 Å². The molecule has 1 saturated heterocycles. The van der Waals surface area contributed by atoms with Crippen molar-refractivity contribution in [1.29, 1.82) is 0 Å². The third-order valence-corrected chi connectivity index (χ3v) is 6.05. The van der Waals surface area contributed by atoms with Crippen LogP contribution in [0.3, 0.4) is 0 Å². The number of aryl methyl sites for hydroxylation is 1. The molecular weight excluding hydrogens is 456 g/mol. The average Bonchev–Trinajstić information content (AvgIpc) is 3.13. The van der Waals surface area contributed by atoms with E-state index in [0.29, 0.717) is 35.2 Å². The van der Waals surface area contributed by atoms with Crippen LogP contribution in [0, 0.1) is 12.8 Å². The Balaban J connectivity index is 1.80. The predicted octanol–water partition coefficient (Wildman–Crippen LogP) is 5.06. The van der Waals surface area contributed by atoms with Crippen LogP contribution < -0.4 is 9.47 Å². The number of benzene rings is 2. The molecule has 1 N–H and O–H groups in total. The van der Waals surface area contributed by atoms with Crippen molar-refractivity contribution in [1.82, 2.24) is 9.88 Å². The van der Waals surface area contributed by atoms with Crippen molar-refractivity contribution in [3.8, 4) is 11.5 Å². The average molecular weight is 487 g/mol. The molecule has 0 saturated carbocycles. The lowest BCUT2D eigenvalue weighted by atomic mass is 9.94. The Bertz CT molecular complexity index is 1300. The second-order valence-electron chi connectivity index (χ2n) is 9.25. The van der Waals surface area contributed by atoms with Gasteiger partial charge in [-0.2, -0.15) is 0 Å². The predicted molar refractivity (Wildman–Crippen MR) is 137 cm³/mol. The molecule has 0 bridgehead atoms. The lowest BCUT2D eigenvalue weighted by Gasteiger charge is -2.25. The fourth-order valence-corrected chi connectivity index (χ4v) is 4.26. The van der Waals surface area contributed by atoms with E-state index < -0.39 is 17.7 Å². The van der Waals surface area contributed by atoms with E-state index in [1.54, 1.807) is 62.0 Å². The number of methoxy groups -OCH3 is 1. The second kappa shape index (κ2) is 10.6. The van der Waals surface area contributed by atoms with Gasteiger partial charge < -0.3 is 19.5 Å². The summed E-state index contributed by atoms with van der Waals surface area (Å²) in [5.74, 6) is 0.0249. The molecule has 0 spiro atoms. The highest BCUT2D eigenvalue weighted by atomic mass is 16.5. The maximum absolute atomic E-state index is 13.3. The van der Waals surface area contributed by atoms with Crippen LogP contribution in [0.15, 0.2) is 72.6 Å². The molecule has 7 heteroatoms. The van der Waals surface area contributed by atoms with Gasteiger partial charge >= 0.3 is 0 Å². The highest BCUT2D eigenvalue weighted by Gasteiger charge is 2.46. The minimum absolute atomic E-state index is 0.0346. The van der Waals surface area contributed by atoms with E-state index in [-0.39, 0.29) is 17.9 Å². The summed E-state index contributed by atoms with van der Waals surface area (Å²) < 4.78 is 11.2. The quantitative estimate of drug-likeness (QED) is 0.272. The third-order valence-electron chi connectivity index (χ3n) is 6.05. The molecule has 2 heterocycles. The molecule has 1 amide bonds. The first-order valence-corrected chi connectivity index (χ1v) is 11.8. The van der Waals surface area contributed by atoms with Gasteiger partial charge in [-0.3, -0.25) is 14.6 Å². The number of Topliss-reactive ketones (excluding diaryl/α,β-unsaturated/α-hetero) is 1. The molecule has 186 valence electrons. The van der Waals surface area contributed by atoms with Crippen molar-refractivity contribution in [2.24, 2.45) is 5.92 Å². The molecule has 0 radical (unpaired) electrons. The fourth-order valence-electron chi connectivity index (χ4n) is 4.26. The zero-order chi connectivity index (χ0) is 25.8. The SMILES string of the molecule is COc1cccc(C2/C(=C(/O)c3ccc(OCC(C)C)c(C)c3)C(=O)C(=O)N2Cc2cccnc2)c1. The number of likely N-dealkylation sites (tertiary alicyclic amines) is 1. The van der Waals surface area contributed by atoms with Crippen molar-refractivity contribution < 1.29 is 24.2 Å². The normalized spacial score (nSPS) is 17.0. The Morgan fingerprint density at radius 3 is 2.58 bits per heavy atom. The first-order chi connectivity index (χ1) is 17.3. The summed E-state index contributed by atoms with van der Waals surface area (Å²) in [6.07, 6.45) is 3.30. The van der Waals surface area contributed by atoms with Crippen molar-refractivity contribution in [2.45, 2.75) is 33.4 Å². The van der Waals surface area contributed by atoms with E-state index >= 15 is 0 Å². The third kappa shape index (κ3) is 5.10. The molecule has 4 rings (SSSR count). The van der Waals surface area contributed by atoms with E-state index in [2.05, 4.69) is 18.8 Å². The van der Waals surface area contributed by atoms with Gasteiger partial charge in [0.1, 0.15) is 17.3 Å². The number of amides is 1. The molecule has 3 aromatic rings. The standard InChI is InChI=1S/C29H30N2O5/c1-18(2)17-36-24-11-10-22(13-19(24)3)27(32)25-26(21-8-5-9-23(14-21)35-4)31(29(34)28(25)33)16-20-7-6-12-30-15-20/h5-15,18,26,32H,16-17H2,1-4H3/b27-25-. The summed E-state index contributed by atoms with van der Waals surface area (Å²) in [4.78, 5) is 32.1. The van der Waals surface area contributed by atoms with Crippen LogP contribution in [0.5, 0.6) is 11.5 Å². The Labute approximate surface area is 211 Å². The summed E-state index contributed by atoms with van der Waals surface area (Å²) in [5, 5.41) is 11.4. The minimum atomic E-state index is -0.794. The van der Waals surface area contributed by atoms with Gasteiger partial charge in [0.05, 0.1) is 25.3 Å². The number of hydrogen-bond acceptors (Lipinski definition) is 6. The topological polar surface area (TPSA) is 89.0 Å². The monoisotopic (exact) mass is 486 g/mol. The number of aliphatic hydroxyl groups is 1. The molecule has 1 aliphatic rings. The largest absolute Gasteiger partial charge is 0.507 e. The first-order valence-electron chi connectivity index (χ1n) is 11.8. The van der Waals surface area contributed by atoms with Crippen molar-refractivity contribution in [2.75, 3.05) is 13.7 Å². The molecule has 0 aliphatic carbocycles.